The van der Waals surface area contributed by atoms with Crippen molar-refractivity contribution in [3.05, 3.63) is 95.1 Å². The SMILES string of the molecule is Cc1cc(-c2ccc(N=Nc3c(S(C)(=O)=O)cc4cc(S(C)(=O)=O)cc(C)c4c3O)c(C)c2)ccc1N=Nc1c(S(C)(=O)=O)cc2cc(S(C)(=O)=O)cc(C)c2c1O. The first kappa shape index (κ1) is 42.1. The molecule has 0 unspecified atom stereocenters. The van der Waals surface area contributed by atoms with Gasteiger partial charge in [-0.15, -0.1) is 10.2 Å². The van der Waals surface area contributed by atoms with Crippen molar-refractivity contribution >= 4 is 83.6 Å². The Hall–Kier alpha value is -5.56. The van der Waals surface area contributed by atoms with E-state index in [1.54, 1.807) is 52.0 Å². The van der Waals surface area contributed by atoms with Gasteiger partial charge in [-0.1, -0.05) is 12.1 Å². The lowest BCUT2D eigenvalue weighted by Crippen LogP contribution is -2.01. The van der Waals surface area contributed by atoms with E-state index in [2.05, 4.69) is 20.5 Å². The quantitative estimate of drug-likeness (QED) is 0.131. The summed E-state index contributed by atoms with van der Waals surface area (Å²) in [6.07, 6.45) is 3.98. The first-order valence-electron chi connectivity index (χ1n) is 17.2. The molecule has 0 saturated carbocycles. The summed E-state index contributed by atoms with van der Waals surface area (Å²) in [5.41, 5.74) is 3.89. The molecule has 0 amide bonds. The zero-order valence-electron chi connectivity index (χ0n) is 32.5. The summed E-state index contributed by atoms with van der Waals surface area (Å²) in [7, 11) is -15.2. The van der Waals surface area contributed by atoms with Gasteiger partial charge in [0.05, 0.1) is 31.0 Å². The van der Waals surface area contributed by atoms with Crippen LogP contribution in [0.1, 0.15) is 22.3 Å². The highest BCUT2D eigenvalue weighted by Crippen LogP contribution is 2.45. The Morgan fingerprint density at radius 3 is 1.05 bits per heavy atom. The first-order valence-corrected chi connectivity index (χ1v) is 24.8. The number of aromatic hydroxyl groups is 2. The lowest BCUT2D eigenvalue weighted by molar-refractivity contribution is 0.480. The van der Waals surface area contributed by atoms with E-state index in [0.29, 0.717) is 33.6 Å². The zero-order valence-corrected chi connectivity index (χ0v) is 35.8. The number of rotatable bonds is 9. The third-order valence-electron chi connectivity index (χ3n) is 9.54. The Labute approximate surface area is 336 Å². The average Bonchev–Trinajstić information content (AvgIpc) is 3.09. The van der Waals surface area contributed by atoms with Crippen LogP contribution in [0, 0.1) is 27.7 Å². The maximum Gasteiger partial charge on any atom is 0.177 e. The van der Waals surface area contributed by atoms with Crippen molar-refractivity contribution in [2.24, 2.45) is 20.5 Å². The molecule has 18 heteroatoms. The van der Waals surface area contributed by atoms with E-state index in [4.69, 9.17) is 0 Å². The number of phenols is 2. The standard InChI is InChI=1S/C40H38N4O10S4/c1-21-13-25(9-11-31(21)41-43-37-33(57(7,51)52)19-27-17-29(55(5,47)48)15-23(3)35(27)39(37)45)26-10-12-32(22(2)14-26)42-44-38-34(58(8,53)54)20-28-18-30(56(6,49)50)16-24(4)36(28)40(38)46/h9-20,45-46H,1-8H3. The van der Waals surface area contributed by atoms with Gasteiger partial charge in [0.25, 0.3) is 0 Å². The zero-order chi connectivity index (χ0) is 42.9. The molecular formula is C40H38N4O10S4. The van der Waals surface area contributed by atoms with Gasteiger partial charge in [0.15, 0.2) is 50.8 Å². The Balaban J connectivity index is 1.34. The van der Waals surface area contributed by atoms with Crippen LogP contribution < -0.4 is 0 Å². The number of sulfone groups is 4. The maximum atomic E-state index is 12.8. The van der Waals surface area contributed by atoms with Gasteiger partial charge in [0.1, 0.15) is 11.4 Å². The molecule has 6 aromatic rings. The van der Waals surface area contributed by atoms with Crippen LogP contribution in [0.15, 0.2) is 113 Å². The van der Waals surface area contributed by atoms with Gasteiger partial charge < -0.3 is 10.2 Å². The summed E-state index contributed by atoms with van der Waals surface area (Å²) in [6.45, 7) is 6.76. The maximum absolute atomic E-state index is 12.8. The Kier molecular flexibility index (Phi) is 10.6. The number of hydrogen-bond acceptors (Lipinski definition) is 14. The highest BCUT2D eigenvalue weighted by molar-refractivity contribution is 7.91. The van der Waals surface area contributed by atoms with Crippen molar-refractivity contribution in [2.75, 3.05) is 25.0 Å². The van der Waals surface area contributed by atoms with E-state index >= 15 is 0 Å². The van der Waals surface area contributed by atoms with E-state index in [1.165, 1.54) is 36.4 Å². The third kappa shape index (κ3) is 8.22. The Morgan fingerprint density at radius 2 is 0.759 bits per heavy atom. The lowest BCUT2D eigenvalue weighted by atomic mass is 10.00. The molecule has 2 N–H and O–H groups in total. The number of aryl methyl sites for hydroxylation is 4. The van der Waals surface area contributed by atoms with Gasteiger partial charge in [0, 0.05) is 35.8 Å². The highest BCUT2D eigenvalue weighted by atomic mass is 32.2. The van der Waals surface area contributed by atoms with Gasteiger partial charge in [0.2, 0.25) is 0 Å². The summed E-state index contributed by atoms with van der Waals surface area (Å²) < 4.78 is 100. The largest absolute Gasteiger partial charge is 0.505 e. The molecule has 0 heterocycles. The van der Waals surface area contributed by atoms with Crippen LogP contribution in [0.3, 0.4) is 0 Å². The second kappa shape index (κ2) is 14.7. The van der Waals surface area contributed by atoms with Crippen molar-refractivity contribution in [2.45, 2.75) is 47.3 Å². The van der Waals surface area contributed by atoms with Crippen molar-refractivity contribution < 1.29 is 43.9 Å². The molecule has 14 nitrogen and oxygen atoms in total. The summed E-state index contributed by atoms with van der Waals surface area (Å²) in [5, 5.41) is 40.4. The molecule has 0 aromatic heterocycles. The minimum absolute atomic E-state index is 0.0235. The number of hydrogen-bond donors (Lipinski definition) is 2. The molecule has 0 aliphatic rings. The molecule has 0 bridgehead atoms. The van der Waals surface area contributed by atoms with Crippen LogP contribution in [0.4, 0.5) is 22.7 Å². The smallest absolute Gasteiger partial charge is 0.177 e. The summed E-state index contributed by atoms with van der Waals surface area (Å²) in [5.74, 6) is -0.911. The van der Waals surface area contributed by atoms with Gasteiger partial charge >= 0.3 is 0 Å². The molecule has 302 valence electrons. The monoisotopic (exact) mass is 862 g/mol. The van der Waals surface area contributed by atoms with Crippen LogP contribution in [0.25, 0.3) is 32.7 Å². The van der Waals surface area contributed by atoms with Crippen molar-refractivity contribution in [3.63, 3.8) is 0 Å². The number of fused-ring (bicyclic) bond motifs is 2. The number of nitrogens with zero attached hydrogens (tertiary/aromatic N) is 4. The molecule has 0 fully saturated rings. The predicted molar refractivity (Wildman–Crippen MR) is 223 cm³/mol. The molecule has 0 radical (unpaired) electrons. The minimum atomic E-state index is -3.96. The molecule has 0 atom stereocenters. The Bertz CT molecular complexity index is 3070. The molecule has 58 heavy (non-hydrogen) atoms. The van der Waals surface area contributed by atoms with Gasteiger partial charge in [-0.25, -0.2) is 33.7 Å². The van der Waals surface area contributed by atoms with Crippen LogP contribution in [0.5, 0.6) is 11.5 Å². The second-order valence-corrected chi connectivity index (χ2v) is 22.3. The molecule has 0 saturated heterocycles. The molecular weight excluding hydrogens is 825 g/mol. The topological polar surface area (TPSA) is 226 Å². The van der Waals surface area contributed by atoms with Crippen molar-refractivity contribution in [3.8, 4) is 22.6 Å². The summed E-state index contributed by atoms with van der Waals surface area (Å²) in [4.78, 5) is -0.695. The molecule has 0 aliphatic heterocycles. The number of azo groups is 2. The van der Waals surface area contributed by atoms with E-state index < -0.39 is 50.8 Å². The van der Waals surface area contributed by atoms with E-state index in [0.717, 1.165) is 36.1 Å². The molecule has 6 rings (SSSR count). The number of phenolic OH excluding ortho intramolecular Hbond substituents is 2. The fraction of sp³-hybridized carbons (Fsp3) is 0.200. The van der Waals surface area contributed by atoms with Crippen LogP contribution >= 0.6 is 0 Å². The first-order chi connectivity index (χ1) is 26.8. The van der Waals surface area contributed by atoms with Crippen LogP contribution in [-0.2, 0) is 39.3 Å². The Morgan fingerprint density at radius 1 is 0.414 bits per heavy atom. The fourth-order valence-electron chi connectivity index (χ4n) is 6.61. The third-order valence-corrected chi connectivity index (χ3v) is 13.9. The normalized spacial score (nSPS) is 13.0. The highest BCUT2D eigenvalue weighted by Gasteiger charge is 2.25. The van der Waals surface area contributed by atoms with E-state index in [1.807, 2.05) is 12.1 Å². The van der Waals surface area contributed by atoms with Gasteiger partial charge in [-0.3, -0.25) is 0 Å². The molecule has 0 aliphatic carbocycles. The van der Waals surface area contributed by atoms with Crippen LogP contribution in [-0.4, -0.2) is 68.9 Å². The van der Waals surface area contributed by atoms with Crippen molar-refractivity contribution in [1.29, 1.82) is 0 Å². The molecule has 0 spiro atoms. The van der Waals surface area contributed by atoms with Gasteiger partial charge in [-0.2, -0.15) is 10.2 Å². The fourth-order valence-corrected chi connectivity index (χ4v) is 9.74. The van der Waals surface area contributed by atoms with E-state index in [-0.39, 0.29) is 52.5 Å². The average molecular weight is 863 g/mol. The van der Waals surface area contributed by atoms with Gasteiger partial charge in [-0.05, 0) is 133 Å². The van der Waals surface area contributed by atoms with Crippen LogP contribution in [0.2, 0.25) is 0 Å². The lowest BCUT2D eigenvalue weighted by Gasteiger charge is -2.13. The summed E-state index contributed by atoms with van der Waals surface area (Å²) >= 11 is 0. The molecule has 6 aromatic carbocycles. The second-order valence-electron chi connectivity index (χ2n) is 14.3. The van der Waals surface area contributed by atoms with Crippen molar-refractivity contribution in [1.82, 2.24) is 0 Å². The summed E-state index contributed by atoms with van der Waals surface area (Å²) in [6, 6.07) is 18.5. The van der Waals surface area contributed by atoms with E-state index in [9.17, 15) is 43.9 Å². The number of benzene rings is 6. The minimum Gasteiger partial charge on any atom is -0.505 e. The predicted octanol–water partition coefficient (Wildman–Crippen LogP) is 8.75.